The summed E-state index contributed by atoms with van der Waals surface area (Å²) in [5.41, 5.74) is 6.57. The third-order valence-electron chi connectivity index (χ3n) is 4.94. The lowest BCUT2D eigenvalue weighted by atomic mass is 10.2. The summed E-state index contributed by atoms with van der Waals surface area (Å²) in [6.07, 6.45) is 1.85. The van der Waals surface area contributed by atoms with E-state index in [0.717, 1.165) is 50.1 Å². The van der Waals surface area contributed by atoms with Gasteiger partial charge in [0.2, 0.25) is 0 Å². The summed E-state index contributed by atoms with van der Waals surface area (Å²) in [5.74, 6) is 0.833. The van der Waals surface area contributed by atoms with Gasteiger partial charge >= 0.3 is 0 Å². The molecule has 0 fully saturated rings. The zero-order valence-electron chi connectivity index (χ0n) is 15.6. The first-order valence-corrected chi connectivity index (χ1v) is 9.06. The topological polar surface area (TPSA) is 52.3 Å². The van der Waals surface area contributed by atoms with E-state index in [1.54, 1.807) is 7.11 Å². The van der Waals surface area contributed by atoms with Crippen molar-refractivity contribution < 1.29 is 4.74 Å². The molecule has 28 heavy (non-hydrogen) atoms. The fourth-order valence-corrected chi connectivity index (χ4v) is 3.44. The van der Waals surface area contributed by atoms with Gasteiger partial charge in [-0.3, -0.25) is 4.99 Å². The van der Waals surface area contributed by atoms with Gasteiger partial charge in [0.05, 0.1) is 29.3 Å². The van der Waals surface area contributed by atoms with Crippen molar-refractivity contribution in [2.24, 2.45) is 12.0 Å². The number of nitrogens with zero attached hydrogens (tertiary/aromatic N) is 4. The number of hydrogen-bond acceptors (Lipinski definition) is 4. The number of methoxy groups -OCH3 is 1. The van der Waals surface area contributed by atoms with Crippen LogP contribution in [0.3, 0.4) is 0 Å². The van der Waals surface area contributed by atoms with Crippen LogP contribution in [0.1, 0.15) is 5.56 Å². The van der Waals surface area contributed by atoms with Gasteiger partial charge < -0.3 is 9.30 Å². The molecule has 0 spiro atoms. The fourth-order valence-electron chi connectivity index (χ4n) is 3.44. The molecule has 0 unspecified atom stereocenters. The molecule has 0 aliphatic carbocycles. The predicted octanol–water partition coefficient (Wildman–Crippen LogP) is 5.03. The summed E-state index contributed by atoms with van der Waals surface area (Å²) in [6, 6.07) is 21.9. The Bertz CT molecular complexity index is 1350. The van der Waals surface area contributed by atoms with Crippen molar-refractivity contribution in [3.63, 3.8) is 0 Å². The van der Waals surface area contributed by atoms with Gasteiger partial charge in [-0.15, -0.1) is 0 Å². The minimum absolute atomic E-state index is 0.833. The first kappa shape index (κ1) is 16.4. The number of aryl methyl sites for hydroxylation is 1. The van der Waals surface area contributed by atoms with E-state index in [4.69, 9.17) is 14.7 Å². The Morgan fingerprint density at radius 3 is 2.43 bits per heavy atom. The van der Waals surface area contributed by atoms with Gasteiger partial charge in [0.15, 0.2) is 5.65 Å². The third-order valence-corrected chi connectivity index (χ3v) is 4.94. The first-order valence-electron chi connectivity index (χ1n) is 9.06. The highest BCUT2D eigenvalue weighted by Crippen LogP contribution is 2.30. The second kappa shape index (κ2) is 6.46. The van der Waals surface area contributed by atoms with E-state index in [1.807, 2.05) is 67.9 Å². The minimum atomic E-state index is 0.833. The lowest BCUT2D eigenvalue weighted by Crippen LogP contribution is -1.91. The molecular formula is C23H18N4O. The Morgan fingerprint density at radius 2 is 1.68 bits per heavy atom. The van der Waals surface area contributed by atoms with Gasteiger partial charge in [-0.1, -0.05) is 12.1 Å². The highest BCUT2D eigenvalue weighted by Gasteiger charge is 2.12. The minimum Gasteiger partial charge on any atom is -0.497 e. The summed E-state index contributed by atoms with van der Waals surface area (Å²) in [4.78, 5) is 14.3. The molecule has 0 aliphatic heterocycles. The molecule has 5 rings (SSSR count). The highest BCUT2D eigenvalue weighted by molar-refractivity contribution is 6.07. The van der Waals surface area contributed by atoms with E-state index in [9.17, 15) is 0 Å². The average Bonchev–Trinajstić information content (AvgIpc) is 3.02. The summed E-state index contributed by atoms with van der Waals surface area (Å²) in [7, 11) is 3.68. The SMILES string of the molecule is COc1ccc(C=Nc2ccc3c(c2)c2nc4ccccc4nc2n3C)cc1. The number of aromatic nitrogens is 3. The van der Waals surface area contributed by atoms with E-state index in [1.165, 1.54) is 0 Å². The number of rotatable bonds is 3. The molecule has 5 nitrogen and oxygen atoms in total. The molecule has 0 radical (unpaired) electrons. The van der Waals surface area contributed by atoms with Crippen molar-refractivity contribution in [1.29, 1.82) is 0 Å². The molecule has 5 aromatic rings. The first-order chi connectivity index (χ1) is 13.7. The van der Waals surface area contributed by atoms with Crippen molar-refractivity contribution in [1.82, 2.24) is 14.5 Å². The summed E-state index contributed by atoms with van der Waals surface area (Å²) < 4.78 is 7.28. The standard InChI is InChI=1S/C23H18N4O/c1-27-21-12-9-16(24-14-15-7-10-17(28-2)11-8-15)13-18(21)22-23(27)26-20-6-4-3-5-19(20)25-22/h3-14H,1-2H3. The maximum atomic E-state index is 5.19. The van der Waals surface area contributed by atoms with Crippen molar-refractivity contribution in [3.8, 4) is 5.75 Å². The highest BCUT2D eigenvalue weighted by atomic mass is 16.5. The van der Waals surface area contributed by atoms with Crippen LogP contribution in [0.15, 0.2) is 71.7 Å². The van der Waals surface area contributed by atoms with Crippen molar-refractivity contribution in [2.45, 2.75) is 0 Å². The molecule has 0 saturated carbocycles. The van der Waals surface area contributed by atoms with Crippen LogP contribution in [0.5, 0.6) is 5.75 Å². The van der Waals surface area contributed by atoms with Crippen LogP contribution in [0.2, 0.25) is 0 Å². The smallest absolute Gasteiger partial charge is 0.160 e. The molecule has 0 atom stereocenters. The molecule has 0 bridgehead atoms. The lowest BCUT2D eigenvalue weighted by molar-refractivity contribution is 0.415. The zero-order chi connectivity index (χ0) is 19.1. The number of para-hydroxylation sites is 2. The molecule has 0 amide bonds. The number of aliphatic imine (C=N–C) groups is 1. The van der Waals surface area contributed by atoms with Crippen molar-refractivity contribution in [2.75, 3.05) is 7.11 Å². The quantitative estimate of drug-likeness (QED) is 0.421. The summed E-state index contributed by atoms with van der Waals surface area (Å²) in [5, 5.41) is 1.06. The Balaban J connectivity index is 1.62. The fraction of sp³-hybridized carbons (Fsp3) is 0.0870. The molecule has 0 N–H and O–H groups in total. The monoisotopic (exact) mass is 366 g/mol. The molecule has 5 heteroatoms. The zero-order valence-corrected chi connectivity index (χ0v) is 15.6. The van der Waals surface area contributed by atoms with Gasteiger partial charge in [-0.2, -0.15) is 0 Å². The number of fused-ring (bicyclic) bond motifs is 4. The molecule has 136 valence electrons. The third kappa shape index (κ3) is 2.68. The average molecular weight is 366 g/mol. The van der Waals surface area contributed by atoms with E-state index >= 15 is 0 Å². The summed E-state index contributed by atoms with van der Waals surface area (Å²) in [6.45, 7) is 0. The molecule has 3 aromatic carbocycles. The van der Waals surface area contributed by atoms with Crippen molar-refractivity contribution >= 4 is 45.0 Å². The lowest BCUT2D eigenvalue weighted by Gasteiger charge is -2.00. The van der Waals surface area contributed by atoms with Crippen LogP contribution in [-0.4, -0.2) is 27.9 Å². The Hall–Kier alpha value is -3.73. The molecule has 2 heterocycles. The number of hydrogen-bond donors (Lipinski definition) is 0. The summed E-state index contributed by atoms with van der Waals surface area (Å²) >= 11 is 0. The Labute approximate surface area is 161 Å². The molecule has 2 aromatic heterocycles. The molecule has 0 aliphatic rings. The van der Waals surface area contributed by atoms with E-state index in [0.29, 0.717) is 0 Å². The predicted molar refractivity (Wildman–Crippen MR) is 114 cm³/mol. The van der Waals surface area contributed by atoms with E-state index in [-0.39, 0.29) is 0 Å². The normalized spacial score (nSPS) is 11.8. The van der Waals surface area contributed by atoms with Gasteiger partial charge in [-0.25, -0.2) is 9.97 Å². The van der Waals surface area contributed by atoms with Crippen molar-refractivity contribution in [3.05, 3.63) is 72.3 Å². The number of benzene rings is 3. The largest absolute Gasteiger partial charge is 0.497 e. The maximum absolute atomic E-state index is 5.19. The van der Waals surface area contributed by atoms with Gasteiger partial charge in [-0.05, 0) is 60.2 Å². The Morgan fingerprint density at radius 1 is 0.929 bits per heavy atom. The van der Waals surface area contributed by atoms with Crippen LogP contribution >= 0.6 is 0 Å². The molecule has 0 saturated heterocycles. The van der Waals surface area contributed by atoms with E-state index < -0.39 is 0 Å². The van der Waals surface area contributed by atoms with Crippen LogP contribution in [-0.2, 0) is 7.05 Å². The number of ether oxygens (including phenoxy) is 1. The second-order valence-electron chi connectivity index (χ2n) is 6.68. The van der Waals surface area contributed by atoms with Gasteiger partial charge in [0.25, 0.3) is 0 Å². The van der Waals surface area contributed by atoms with E-state index in [2.05, 4.69) is 21.7 Å². The van der Waals surface area contributed by atoms with Gasteiger partial charge in [0.1, 0.15) is 11.3 Å². The molecular weight excluding hydrogens is 348 g/mol. The van der Waals surface area contributed by atoms with Crippen LogP contribution in [0.4, 0.5) is 5.69 Å². The van der Waals surface area contributed by atoms with Crippen LogP contribution in [0.25, 0.3) is 33.1 Å². The maximum Gasteiger partial charge on any atom is 0.160 e. The Kier molecular flexibility index (Phi) is 3.79. The van der Waals surface area contributed by atoms with Crippen LogP contribution < -0.4 is 4.74 Å². The second-order valence-corrected chi connectivity index (χ2v) is 6.68. The van der Waals surface area contributed by atoms with Gasteiger partial charge in [0, 0.05) is 18.6 Å². The van der Waals surface area contributed by atoms with Crippen LogP contribution in [0, 0.1) is 0 Å².